The topological polar surface area (TPSA) is 29.1 Å². The maximum absolute atomic E-state index is 12.5. The van der Waals surface area contributed by atoms with E-state index in [1.54, 1.807) is 7.05 Å². The normalized spacial score (nSPS) is 10.6. The molecule has 0 aliphatic heterocycles. The summed E-state index contributed by atoms with van der Waals surface area (Å²) >= 11 is 0. The van der Waals surface area contributed by atoms with Gasteiger partial charge < -0.3 is 17.7 Å². The molecule has 3 aromatic rings. The fourth-order valence-corrected chi connectivity index (χ4v) is 7.14. The summed E-state index contributed by atoms with van der Waals surface area (Å²) in [5.41, 5.74) is 0. The van der Waals surface area contributed by atoms with Crippen molar-refractivity contribution in [2.45, 2.75) is 0 Å². The lowest BCUT2D eigenvalue weighted by molar-refractivity contribution is -0.118. The van der Waals surface area contributed by atoms with Crippen LogP contribution in [0.15, 0.2) is 91.0 Å². The van der Waals surface area contributed by atoms with Crippen LogP contribution in [-0.4, -0.2) is 19.1 Å². The zero-order chi connectivity index (χ0) is 16.8. The molecule has 128 valence electrons. The summed E-state index contributed by atoms with van der Waals surface area (Å²) < 4.78 is 0. The van der Waals surface area contributed by atoms with Crippen LogP contribution in [-0.2, 0) is 4.79 Å². The van der Waals surface area contributed by atoms with E-state index in [0.29, 0.717) is 6.16 Å². The summed E-state index contributed by atoms with van der Waals surface area (Å²) in [6.07, 6.45) is 0.474. The molecule has 3 aromatic carbocycles. The quantitative estimate of drug-likeness (QED) is 0.616. The third-order valence-electron chi connectivity index (χ3n) is 4.25. The minimum atomic E-state index is -2.04. The second kappa shape index (κ2) is 8.80. The van der Waals surface area contributed by atoms with E-state index in [-0.39, 0.29) is 18.3 Å². The van der Waals surface area contributed by atoms with E-state index >= 15 is 0 Å². The summed E-state index contributed by atoms with van der Waals surface area (Å²) in [6.45, 7) is 0. The van der Waals surface area contributed by atoms with Crippen LogP contribution in [0.2, 0.25) is 0 Å². The van der Waals surface area contributed by atoms with Crippen molar-refractivity contribution in [3.8, 4) is 0 Å². The van der Waals surface area contributed by atoms with Crippen LogP contribution in [0.4, 0.5) is 0 Å². The highest BCUT2D eigenvalue weighted by atomic mass is 35.5. The van der Waals surface area contributed by atoms with Crippen molar-refractivity contribution in [2.75, 3.05) is 13.2 Å². The molecule has 0 unspecified atom stereocenters. The third kappa shape index (κ3) is 3.92. The van der Waals surface area contributed by atoms with E-state index in [1.165, 1.54) is 15.9 Å². The van der Waals surface area contributed by atoms with Crippen LogP contribution in [0, 0.1) is 0 Å². The average Bonchev–Trinajstić information content (AvgIpc) is 2.68. The molecule has 1 N–H and O–H groups in total. The van der Waals surface area contributed by atoms with Crippen molar-refractivity contribution in [3.05, 3.63) is 91.0 Å². The van der Waals surface area contributed by atoms with Crippen LogP contribution in [0.5, 0.6) is 0 Å². The summed E-state index contributed by atoms with van der Waals surface area (Å²) in [5.74, 6) is 0.0693. The number of hydrogen-bond donors (Lipinski definition) is 1. The molecule has 0 spiro atoms. The highest BCUT2D eigenvalue weighted by Gasteiger charge is 2.46. The molecule has 0 aliphatic carbocycles. The number of carbonyl (C=O) groups is 1. The van der Waals surface area contributed by atoms with E-state index < -0.39 is 7.26 Å². The van der Waals surface area contributed by atoms with Crippen molar-refractivity contribution in [1.82, 2.24) is 5.32 Å². The van der Waals surface area contributed by atoms with Gasteiger partial charge in [0.2, 0.25) is 0 Å². The third-order valence-corrected chi connectivity index (χ3v) is 8.55. The van der Waals surface area contributed by atoms with E-state index in [1.807, 2.05) is 18.2 Å². The minimum absolute atomic E-state index is 0. The lowest BCUT2D eigenvalue weighted by Crippen LogP contribution is -3.00. The molecule has 0 radical (unpaired) electrons. The molecule has 0 bridgehead atoms. The Bertz CT molecular complexity index is 697. The minimum Gasteiger partial charge on any atom is -1.00 e. The largest absolute Gasteiger partial charge is 1.00 e. The van der Waals surface area contributed by atoms with E-state index in [2.05, 4.69) is 78.1 Å². The number of hydrogen-bond acceptors (Lipinski definition) is 1. The number of carbonyl (C=O) groups excluding carboxylic acids is 1. The van der Waals surface area contributed by atoms with E-state index in [4.69, 9.17) is 0 Å². The smallest absolute Gasteiger partial charge is 0.258 e. The molecule has 4 heteroatoms. The maximum Gasteiger partial charge on any atom is 0.258 e. The van der Waals surface area contributed by atoms with Crippen LogP contribution < -0.4 is 33.6 Å². The lowest BCUT2D eigenvalue weighted by Gasteiger charge is -2.26. The zero-order valence-corrected chi connectivity index (χ0v) is 15.8. The second-order valence-corrected chi connectivity index (χ2v) is 9.13. The van der Waals surface area contributed by atoms with Gasteiger partial charge in [0.1, 0.15) is 23.2 Å². The summed E-state index contributed by atoms with van der Waals surface area (Å²) in [6, 6.07) is 31.3. The van der Waals surface area contributed by atoms with Crippen molar-refractivity contribution >= 4 is 29.1 Å². The molecule has 0 fully saturated rings. The molecule has 0 aromatic heterocycles. The first-order valence-corrected chi connectivity index (χ1v) is 10.0. The molecule has 0 saturated heterocycles. The highest BCUT2D eigenvalue weighted by Crippen LogP contribution is 2.54. The fraction of sp³-hybridized carbons (Fsp3) is 0.0952. The van der Waals surface area contributed by atoms with Gasteiger partial charge in [-0.3, -0.25) is 4.79 Å². The standard InChI is InChI=1S/C21H20NOP.ClH/c1-22-21(23)17-24(18-11-5-2-6-12-18,19-13-7-3-8-14-19)20-15-9-4-10-16-20;/h2-16H,17H2,1H3;1H. The molecule has 0 aliphatic rings. The molecule has 25 heavy (non-hydrogen) atoms. The van der Waals surface area contributed by atoms with Gasteiger partial charge in [-0.25, -0.2) is 0 Å². The Morgan fingerprint density at radius 3 is 1.32 bits per heavy atom. The number of rotatable bonds is 5. The van der Waals surface area contributed by atoms with Gasteiger partial charge in [-0.1, -0.05) is 54.6 Å². The van der Waals surface area contributed by atoms with Crippen LogP contribution in [0.25, 0.3) is 0 Å². The Morgan fingerprint density at radius 1 is 0.720 bits per heavy atom. The van der Waals surface area contributed by atoms with Crippen molar-refractivity contribution in [2.24, 2.45) is 0 Å². The summed E-state index contributed by atoms with van der Waals surface area (Å²) in [5, 5.41) is 6.50. The van der Waals surface area contributed by atoms with Gasteiger partial charge in [0, 0.05) is 7.05 Å². The van der Waals surface area contributed by atoms with Crippen LogP contribution in [0.1, 0.15) is 0 Å². The molecule has 2 nitrogen and oxygen atoms in total. The Balaban J connectivity index is 0.00000225. The van der Waals surface area contributed by atoms with E-state index in [9.17, 15) is 4.79 Å². The summed E-state index contributed by atoms with van der Waals surface area (Å²) in [4.78, 5) is 12.5. The van der Waals surface area contributed by atoms with Gasteiger partial charge in [-0.05, 0) is 36.4 Å². The highest BCUT2D eigenvalue weighted by molar-refractivity contribution is 7.96. The number of halogens is 1. The molecule has 3 rings (SSSR count). The van der Waals surface area contributed by atoms with Gasteiger partial charge >= 0.3 is 0 Å². The SMILES string of the molecule is CNC(=O)C[P+](c1ccccc1)(c1ccccc1)c1ccccc1.[Cl-]. The predicted octanol–water partition coefficient (Wildman–Crippen LogP) is -0.269. The van der Waals surface area contributed by atoms with Gasteiger partial charge in [0.15, 0.2) is 6.16 Å². The molecular formula is C21H21ClNOP. The maximum atomic E-state index is 12.5. The number of amides is 1. The molecule has 0 atom stereocenters. The van der Waals surface area contributed by atoms with Gasteiger partial charge in [-0.15, -0.1) is 0 Å². The summed E-state index contributed by atoms with van der Waals surface area (Å²) in [7, 11) is -0.332. The Kier molecular flexibility index (Phi) is 6.75. The van der Waals surface area contributed by atoms with Crippen molar-refractivity contribution in [3.63, 3.8) is 0 Å². The first-order valence-electron chi connectivity index (χ1n) is 8.03. The van der Waals surface area contributed by atoms with Crippen LogP contribution in [0.3, 0.4) is 0 Å². The second-order valence-electron chi connectivity index (χ2n) is 5.65. The Morgan fingerprint density at radius 2 is 1.04 bits per heavy atom. The number of nitrogens with one attached hydrogen (secondary N) is 1. The molecule has 0 heterocycles. The van der Waals surface area contributed by atoms with E-state index in [0.717, 1.165) is 0 Å². The van der Waals surface area contributed by atoms with Gasteiger partial charge in [0.25, 0.3) is 5.91 Å². The predicted molar refractivity (Wildman–Crippen MR) is 104 cm³/mol. The Labute approximate surface area is 156 Å². The Hall–Kier alpha value is -2.15. The average molecular weight is 370 g/mol. The molecule has 0 saturated carbocycles. The van der Waals surface area contributed by atoms with Crippen LogP contribution >= 0.6 is 7.26 Å². The monoisotopic (exact) mass is 369 g/mol. The fourth-order valence-electron chi connectivity index (χ4n) is 3.06. The van der Waals surface area contributed by atoms with Crippen molar-refractivity contribution < 1.29 is 17.2 Å². The van der Waals surface area contributed by atoms with Crippen molar-refractivity contribution in [1.29, 1.82) is 0 Å². The first-order chi connectivity index (χ1) is 11.8. The van der Waals surface area contributed by atoms with Gasteiger partial charge in [0.05, 0.1) is 0 Å². The molecular weight excluding hydrogens is 349 g/mol. The first kappa shape index (κ1) is 19.2. The number of benzene rings is 3. The molecule has 1 amide bonds. The zero-order valence-electron chi connectivity index (χ0n) is 14.1. The lowest BCUT2D eigenvalue weighted by atomic mass is 10.4. The van der Waals surface area contributed by atoms with Gasteiger partial charge in [-0.2, -0.15) is 0 Å².